The number of carbonyl (C=O) groups excluding carboxylic acids is 1. The number of hydrazone groups is 1. The smallest absolute Gasteiger partial charge is 0.427 e. The molecule has 0 spiro atoms. The lowest BCUT2D eigenvalue weighted by atomic mass is 10.1. The standard InChI is InChI=1S/C11H13FN2O3/c1-3-9(13-14-11(16)17-2)8-6-7(12)4-5-10(8)15/h4-6,15H,3H2,1-2H3,(H,14,16). The van der Waals surface area contributed by atoms with Crippen molar-refractivity contribution >= 4 is 11.8 Å². The van der Waals surface area contributed by atoms with Gasteiger partial charge < -0.3 is 9.84 Å². The quantitative estimate of drug-likeness (QED) is 0.627. The van der Waals surface area contributed by atoms with Gasteiger partial charge in [-0.3, -0.25) is 0 Å². The van der Waals surface area contributed by atoms with Crippen molar-refractivity contribution in [2.45, 2.75) is 13.3 Å². The van der Waals surface area contributed by atoms with Crippen molar-refractivity contribution in [3.63, 3.8) is 0 Å². The van der Waals surface area contributed by atoms with E-state index in [9.17, 15) is 14.3 Å². The highest BCUT2D eigenvalue weighted by Crippen LogP contribution is 2.19. The van der Waals surface area contributed by atoms with Crippen LogP contribution < -0.4 is 5.43 Å². The summed E-state index contributed by atoms with van der Waals surface area (Å²) in [5.41, 5.74) is 2.72. The van der Waals surface area contributed by atoms with Gasteiger partial charge in [0.1, 0.15) is 11.6 Å². The van der Waals surface area contributed by atoms with Gasteiger partial charge in [-0.15, -0.1) is 0 Å². The Morgan fingerprint density at radius 1 is 1.59 bits per heavy atom. The molecule has 0 saturated carbocycles. The minimum absolute atomic E-state index is 0.0985. The average molecular weight is 240 g/mol. The lowest BCUT2D eigenvalue weighted by Gasteiger charge is -2.07. The monoisotopic (exact) mass is 240 g/mol. The van der Waals surface area contributed by atoms with E-state index >= 15 is 0 Å². The van der Waals surface area contributed by atoms with Gasteiger partial charge in [0, 0.05) is 5.56 Å². The van der Waals surface area contributed by atoms with Crippen LogP contribution in [0.4, 0.5) is 9.18 Å². The van der Waals surface area contributed by atoms with Gasteiger partial charge in [-0.1, -0.05) is 6.92 Å². The van der Waals surface area contributed by atoms with Crippen molar-refractivity contribution in [3.05, 3.63) is 29.6 Å². The van der Waals surface area contributed by atoms with E-state index in [0.29, 0.717) is 12.1 Å². The van der Waals surface area contributed by atoms with Crippen LogP contribution in [-0.4, -0.2) is 24.0 Å². The van der Waals surface area contributed by atoms with Crippen molar-refractivity contribution in [3.8, 4) is 5.75 Å². The van der Waals surface area contributed by atoms with Crippen molar-refractivity contribution in [2.24, 2.45) is 5.10 Å². The maximum atomic E-state index is 13.0. The molecule has 0 heterocycles. The number of amides is 1. The van der Waals surface area contributed by atoms with Crippen LogP contribution in [0.2, 0.25) is 0 Å². The van der Waals surface area contributed by atoms with E-state index in [4.69, 9.17) is 0 Å². The lowest BCUT2D eigenvalue weighted by Crippen LogP contribution is -2.19. The molecule has 2 N–H and O–H groups in total. The van der Waals surface area contributed by atoms with E-state index in [2.05, 4.69) is 15.3 Å². The van der Waals surface area contributed by atoms with Gasteiger partial charge >= 0.3 is 6.09 Å². The zero-order valence-corrected chi connectivity index (χ0v) is 9.53. The molecule has 17 heavy (non-hydrogen) atoms. The molecule has 0 unspecified atom stereocenters. The minimum atomic E-state index is -0.730. The second kappa shape index (κ2) is 5.83. The number of halogens is 1. The molecule has 1 aromatic rings. The van der Waals surface area contributed by atoms with E-state index in [0.717, 1.165) is 12.1 Å². The Labute approximate surface area is 97.9 Å². The molecule has 0 aliphatic rings. The summed E-state index contributed by atoms with van der Waals surface area (Å²) >= 11 is 0. The van der Waals surface area contributed by atoms with Gasteiger partial charge in [-0.2, -0.15) is 5.10 Å². The molecule has 0 aromatic heterocycles. The number of methoxy groups -OCH3 is 1. The highest BCUT2D eigenvalue weighted by atomic mass is 19.1. The molecule has 0 fully saturated rings. The highest BCUT2D eigenvalue weighted by molar-refractivity contribution is 6.02. The third kappa shape index (κ3) is 3.44. The summed E-state index contributed by atoms with van der Waals surface area (Å²) in [7, 11) is 1.20. The van der Waals surface area contributed by atoms with Gasteiger partial charge in [0.2, 0.25) is 0 Å². The average Bonchev–Trinajstić information content (AvgIpc) is 2.33. The van der Waals surface area contributed by atoms with Crippen molar-refractivity contribution < 1.29 is 19.0 Å². The van der Waals surface area contributed by atoms with Crippen LogP contribution in [0.1, 0.15) is 18.9 Å². The molecule has 0 saturated heterocycles. The van der Waals surface area contributed by atoms with Gasteiger partial charge in [0.15, 0.2) is 0 Å². The Hall–Kier alpha value is -2.11. The Morgan fingerprint density at radius 3 is 2.88 bits per heavy atom. The third-order valence-electron chi connectivity index (χ3n) is 2.07. The number of hydrogen-bond donors (Lipinski definition) is 2. The van der Waals surface area contributed by atoms with E-state index < -0.39 is 11.9 Å². The number of aromatic hydroxyl groups is 1. The molecule has 1 amide bonds. The van der Waals surface area contributed by atoms with Gasteiger partial charge in [0.05, 0.1) is 12.8 Å². The van der Waals surface area contributed by atoms with E-state index in [1.54, 1.807) is 6.92 Å². The first-order chi connectivity index (χ1) is 8.08. The molecule has 0 aliphatic heterocycles. The van der Waals surface area contributed by atoms with Gasteiger partial charge in [0.25, 0.3) is 0 Å². The molecule has 0 bridgehead atoms. The fourth-order valence-corrected chi connectivity index (χ4v) is 1.23. The predicted molar refractivity (Wildman–Crippen MR) is 60.4 cm³/mol. The van der Waals surface area contributed by atoms with Gasteiger partial charge in [-0.05, 0) is 24.6 Å². The number of hydrogen-bond acceptors (Lipinski definition) is 4. The van der Waals surface area contributed by atoms with E-state index in [1.807, 2.05) is 0 Å². The SMILES string of the molecule is CCC(=NNC(=O)OC)c1cc(F)ccc1O. The maximum absolute atomic E-state index is 13.0. The minimum Gasteiger partial charge on any atom is -0.507 e. The third-order valence-corrected chi connectivity index (χ3v) is 2.07. The molecule has 1 aromatic carbocycles. The normalized spacial score (nSPS) is 11.1. The van der Waals surface area contributed by atoms with Crippen LogP contribution in [0.15, 0.2) is 23.3 Å². The predicted octanol–water partition coefficient (Wildman–Crippen LogP) is 2.00. The largest absolute Gasteiger partial charge is 0.507 e. The van der Waals surface area contributed by atoms with E-state index in [-0.39, 0.29) is 11.3 Å². The summed E-state index contributed by atoms with van der Waals surface area (Å²) in [5, 5.41) is 13.3. The number of rotatable bonds is 3. The number of ether oxygens (including phenoxy) is 1. The number of benzene rings is 1. The first kappa shape index (κ1) is 13.0. The second-order valence-corrected chi connectivity index (χ2v) is 3.18. The second-order valence-electron chi connectivity index (χ2n) is 3.18. The summed E-state index contributed by atoms with van der Waals surface area (Å²) in [5.74, 6) is -0.587. The van der Waals surface area contributed by atoms with Crippen molar-refractivity contribution in [1.82, 2.24) is 5.43 Å². The zero-order valence-electron chi connectivity index (χ0n) is 9.53. The van der Waals surface area contributed by atoms with E-state index in [1.165, 1.54) is 13.2 Å². The number of nitrogens with one attached hydrogen (secondary N) is 1. The molecule has 0 atom stereocenters. The fraction of sp³-hybridized carbons (Fsp3) is 0.273. The van der Waals surface area contributed by atoms with Crippen LogP contribution in [0.3, 0.4) is 0 Å². The van der Waals surface area contributed by atoms with Crippen LogP contribution in [0, 0.1) is 5.82 Å². The summed E-state index contributed by atoms with van der Waals surface area (Å²) < 4.78 is 17.4. The topological polar surface area (TPSA) is 70.9 Å². The Kier molecular flexibility index (Phi) is 4.45. The fourth-order valence-electron chi connectivity index (χ4n) is 1.23. The maximum Gasteiger partial charge on any atom is 0.427 e. The first-order valence-corrected chi connectivity index (χ1v) is 4.97. The molecule has 6 heteroatoms. The van der Waals surface area contributed by atoms with Gasteiger partial charge in [-0.25, -0.2) is 14.6 Å². The number of nitrogens with zero attached hydrogens (tertiary/aromatic N) is 1. The van der Waals surface area contributed by atoms with Crippen LogP contribution in [0.5, 0.6) is 5.75 Å². The Balaban J connectivity index is 3.00. The number of phenolic OH excluding ortho intramolecular Hbond substituents is 1. The first-order valence-electron chi connectivity index (χ1n) is 4.97. The van der Waals surface area contributed by atoms with Crippen LogP contribution in [0.25, 0.3) is 0 Å². The summed E-state index contributed by atoms with van der Waals surface area (Å²) in [6, 6.07) is 3.52. The molecule has 92 valence electrons. The van der Waals surface area contributed by atoms with Crippen LogP contribution >= 0.6 is 0 Å². The Morgan fingerprint density at radius 2 is 2.29 bits per heavy atom. The molecule has 5 nitrogen and oxygen atoms in total. The van der Waals surface area contributed by atoms with Crippen molar-refractivity contribution in [2.75, 3.05) is 7.11 Å². The number of phenols is 1. The molecular formula is C11H13FN2O3. The molecule has 0 aliphatic carbocycles. The van der Waals surface area contributed by atoms with Crippen LogP contribution in [-0.2, 0) is 4.74 Å². The lowest BCUT2D eigenvalue weighted by molar-refractivity contribution is 0.171. The summed E-state index contributed by atoms with van der Waals surface area (Å²) in [6.07, 6.45) is -0.312. The molecular weight excluding hydrogens is 227 g/mol. The zero-order chi connectivity index (χ0) is 12.8. The molecule has 1 rings (SSSR count). The number of carbonyl (C=O) groups is 1. The highest BCUT2D eigenvalue weighted by Gasteiger charge is 2.09. The molecule has 0 radical (unpaired) electrons. The Bertz CT molecular complexity index is 446. The summed E-state index contributed by atoms with van der Waals surface area (Å²) in [6.45, 7) is 1.77. The summed E-state index contributed by atoms with van der Waals surface area (Å²) in [4.78, 5) is 10.8. The van der Waals surface area contributed by atoms with Crippen molar-refractivity contribution in [1.29, 1.82) is 0 Å².